The Morgan fingerprint density at radius 1 is 1.43 bits per heavy atom. The van der Waals surface area contributed by atoms with E-state index in [1.165, 1.54) is 18.3 Å². The summed E-state index contributed by atoms with van der Waals surface area (Å²) in [5.74, 6) is -1.45. The zero-order valence-electron chi connectivity index (χ0n) is 10.3. The van der Waals surface area contributed by atoms with Crippen molar-refractivity contribution in [1.29, 1.82) is 5.26 Å². The van der Waals surface area contributed by atoms with Crippen LogP contribution in [0.3, 0.4) is 0 Å². The highest BCUT2D eigenvalue weighted by Gasteiger charge is 2.20. The molecule has 0 aliphatic rings. The van der Waals surface area contributed by atoms with E-state index in [2.05, 4.69) is 9.97 Å². The van der Waals surface area contributed by atoms with E-state index >= 15 is 0 Å². The van der Waals surface area contributed by atoms with Crippen LogP contribution in [0, 0.1) is 21.4 Å². The maximum absolute atomic E-state index is 11.0. The van der Waals surface area contributed by atoms with Crippen molar-refractivity contribution in [2.75, 3.05) is 0 Å². The fourth-order valence-electron chi connectivity index (χ4n) is 1.47. The molecule has 0 bridgehead atoms. The third-order valence-electron chi connectivity index (χ3n) is 2.35. The predicted molar refractivity (Wildman–Crippen MR) is 66.9 cm³/mol. The highest BCUT2D eigenvalue weighted by atomic mass is 16.6. The van der Waals surface area contributed by atoms with Crippen molar-refractivity contribution in [3.63, 3.8) is 0 Å². The van der Waals surface area contributed by atoms with Gasteiger partial charge in [0.05, 0.1) is 4.92 Å². The van der Waals surface area contributed by atoms with Crippen LogP contribution in [0.5, 0.6) is 11.8 Å². The number of nitriles is 1. The van der Waals surface area contributed by atoms with Crippen molar-refractivity contribution in [3.8, 4) is 17.8 Å². The normalized spacial score (nSPS) is 9.67. The van der Waals surface area contributed by atoms with Gasteiger partial charge in [0.1, 0.15) is 23.1 Å². The molecule has 9 heteroatoms. The molecular weight excluding hydrogens is 280 g/mol. The Hall–Kier alpha value is -3.54. The first-order valence-corrected chi connectivity index (χ1v) is 5.44. The van der Waals surface area contributed by atoms with E-state index in [0.29, 0.717) is 0 Å². The molecule has 0 atom stereocenters. The Balaban J connectivity index is 2.37. The molecule has 21 heavy (non-hydrogen) atoms. The van der Waals surface area contributed by atoms with Crippen LogP contribution in [0.4, 0.5) is 5.69 Å². The van der Waals surface area contributed by atoms with Crippen molar-refractivity contribution in [3.05, 3.63) is 51.8 Å². The molecule has 0 unspecified atom stereocenters. The Bertz CT molecular complexity index is 768. The molecular formula is C12H6N4O5. The van der Waals surface area contributed by atoms with E-state index in [4.69, 9.17) is 15.1 Å². The van der Waals surface area contributed by atoms with Crippen LogP contribution in [0.25, 0.3) is 0 Å². The summed E-state index contributed by atoms with van der Waals surface area (Å²) in [6, 6.07) is 6.20. The van der Waals surface area contributed by atoms with Crippen LogP contribution in [0.1, 0.15) is 16.1 Å². The maximum atomic E-state index is 11.0. The molecule has 1 N–H and O–H groups in total. The number of aromatic nitrogens is 2. The molecule has 104 valence electrons. The van der Waals surface area contributed by atoms with Crippen LogP contribution in [0.15, 0.2) is 30.5 Å². The number of nitro benzene ring substituents is 1. The summed E-state index contributed by atoms with van der Waals surface area (Å²) in [6.07, 6.45) is 1.30. The summed E-state index contributed by atoms with van der Waals surface area (Å²) in [7, 11) is 0. The molecule has 0 amide bonds. The molecule has 0 aliphatic carbocycles. The summed E-state index contributed by atoms with van der Waals surface area (Å²) in [4.78, 5) is 28.4. The summed E-state index contributed by atoms with van der Waals surface area (Å²) >= 11 is 0. The number of carbonyl (C=O) groups is 1. The first kappa shape index (κ1) is 13.9. The van der Waals surface area contributed by atoms with Gasteiger partial charge in [0.15, 0.2) is 0 Å². The number of rotatable bonds is 4. The number of carboxylic acids is 1. The summed E-state index contributed by atoms with van der Waals surface area (Å²) in [6.45, 7) is 0. The molecule has 1 aromatic heterocycles. The average Bonchev–Trinajstić information content (AvgIpc) is 2.47. The lowest BCUT2D eigenvalue weighted by molar-refractivity contribution is -0.385. The lowest BCUT2D eigenvalue weighted by atomic mass is 10.2. The van der Waals surface area contributed by atoms with Gasteiger partial charge in [0.2, 0.25) is 0 Å². The van der Waals surface area contributed by atoms with Crippen molar-refractivity contribution in [1.82, 2.24) is 9.97 Å². The topological polar surface area (TPSA) is 139 Å². The maximum Gasteiger partial charge on any atom is 0.342 e. The molecule has 0 fully saturated rings. The summed E-state index contributed by atoms with van der Waals surface area (Å²) in [5.41, 5.74) is -1.00. The number of nitro groups is 1. The minimum Gasteiger partial charge on any atom is -0.477 e. The molecule has 1 heterocycles. The number of hydrogen-bond acceptors (Lipinski definition) is 7. The fraction of sp³-hybridized carbons (Fsp3) is 0. The fourth-order valence-corrected chi connectivity index (χ4v) is 1.47. The quantitative estimate of drug-likeness (QED) is 0.662. The van der Waals surface area contributed by atoms with Crippen molar-refractivity contribution in [2.24, 2.45) is 0 Å². The second-order valence-corrected chi connectivity index (χ2v) is 3.68. The van der Waals surface area contributed by atoms with Crippen LogP contribution < -0.4 is 4.74 Å². The summed E-state index contributed by atoms with van der Waals surface area (Å²) < 4.78 is 5.19. The molecule has 2 aromatic rings. The molecule has 0 saturated heterocycles. The van der Waals surface area contributed by atoms with Gasteiger partial charge in [0, 0.05) is 18.3 Å². The second-order valence-electron chi connectivity index (χ2n) is 3.68. The molecule has 0 aliphatic heterocycles. The SMILES string of the molecule is N#Cc1ccnc(Oc2ccc([N+](=O)[O-])c(C(=O)O)c2)n1. The van der Waals surface area contributed by atoms with Crippen molar-refractivity contribution < 1.29 is 19.6 Å². The lowest BCUT2D eigenvalue weighted by Crippen LogP contribution is -2.03. The van der Waals surface area contributed by atoms with E-state index in [9.17, 15) is 14.9 Å². The van der Waals surface area contributed by atoms with Gasteiger partial charge in [-0.25, -0.2) is 9.78 Å². The number of carboxylic acid groups (broad SMARTS) is 1. The Morgan fingerprint density at radius 3 is 2.81 bits per heavy atom. The second kappa shape index (κ2) is 5.62. The Labute approximate surface area is 117 Å². The number of benzene rings is 1. The van der Waals surface area contributed by atoms with Gasteiger partial charge in [-0.2, -0.15) is 10.2 Å². The minimum absolute atomic E-state index is 0.00749. The van der Waals surface area contributed by atoms with E-state index in [-0.39, 0.29) is 17.5 Å². The van der Waals surface area contributed by atoms with Gasteiger partial charge < -0.3 is 9.84 Å². The predicted octanol–water partition coefficient (Wildman–Crippen LogP) is 1.75. The average molecular weight is 286 g/mol. The van der Waals surface area contributed by atoms with Crippen LogP contribution in [0.2, 0.25) is 0 Å². The highest BCUT2D eigenvalue weighted by molar-refractivity contribution is 5.92. The van der Waals surface area contributed by atoms with Gasteiger partial charge in [-0.15, -0.1) is 0 Å². The zero-order valence-corrected chi connectivity index (χ0v) is 10.3. The molecule has 9 nitrogen and oxygen atoms in total. The minimum atomic E-state index is -1.46. The van der Waals surface area contributed by atoms with Crippen LogP contribution in [-0.2, 0) is 0 Å². The lowest BCUT2D eigenvalue weighted by Gasteiger charge is -2.05. The highest BCUT2D eigenvalue weighted by Crippen LogP contribution is 2.26. The van der Waals surface area contributed by atoms with E-state index in [1.54, 1.807) is 6.07 Å². The smallest absolute Gasteiger partial charge is 0.342 e. The number of hydrogen-bond donors (Lipinski definition) is 1. The Morgan fingerprint density at radius 2 is 2.19 bits per heavy atom. The van der Waals surface area contributed by atoms with Gasteiger partial charge in [-0.1, -0.05) is 0 Å². The third-order valence-corrected chi connectivity index (χ3v) is 2.35. The zero-order chi connectivity index (χ0) is 15.4. The van der Waals surface area contributed by atoms with Crippen LogP contribution in [-0.4, -0.2) is 26.0 Å². The van der Waals surface area contributed by atoms with E-state index < -0.39 is 22.1 Å². The number of ether oxygens (including phenoxy) is 1. The molecule has 0 spiro atoms. The molecule has 0 radical (unpaired) electrons. The van der Waals surface area contributed by atoms with Crippen molar-refractivity contribution in [2.45, 2.75) is 0 Å². The van der Waals surface area contributed by atoms with Gasteiger partial charge in [0.25, 0.3) is 5.69 Å². The van der Waals surface area contributed by atoms with E-state index in [0.717, 1.165) is 12.1 Å². The van der Waals surface area contributed by atoms with Gasteiger partial charge >= 0.3 is 12.0 Å². The molecule has 1 aromatic carbocycles. The van der Waals surface area contributed by atoms with Crippen LogP contribution >= 0.6 is 0 Å². The molecule has 2 rings (SSSR count). The van der Waals surface area contributed by atoms with Gasteiger partial charge in [-0.05, 0) is 12.1 Å². The van der Waals surface area contributed by atoms with Gasteiger partial charge in [-0.3, -0.25) is 10.1 Å². The monoisotopic (exact) mass is 286 g/mol. The standard InChI is InChI=1S/C12H6N4O5/c13-6-7-3-4-14-12(15-7)21-8-1-2-10(16(19)20)9(5-8)11(17)18/h1-5H,(H,17,18). The number of nitrogens with zero attached hydrogens (tertiary/aromatic N) is 4. The first-order valence-electron chi connectivity index (χ1n) is 5.44. The first-order chi connectivity index (χ1) is 10.0. The third kappa shape index (κ3) is 3.07. The number of aromatic carboxylic acids is 1. The van der Waals surface area contributed by atoms with E-state index in [1.807, 2.05) is 0 Å². The Kier molecular flexibility index (Phi) is 3.71. The molecule has 0 saturated carbocycles. The largest absolute Gasteiger partial charge is 0.477 e. The van der Waals surface area contributed by atoms with Crippen molar-refractivity contribution >= 4 is 11.7 Å². The summed E-state index contributed by atoms with van der Waals surface area (Å²) in [5, 5.41) is 28.4.